The van der Waals surface area contributed by atoms with E-state index in [2.05, 4.69) is 39.1 Å². The number of amides is 3. The molecular weight excluding hydrogens is 412 g/mol. The average molecular weight is 443 g/mol. The number of morpholine rings is 1. The van der Waals surface area contributed by atoms with Crippen LogP contribution in [-0.4, -0.2) is 67.7 Å². The molecule has 2 aliphatic heterocycles. The third kappa shape index (κ3) is 5.84. The highest BCUT2D eigenvalue weighted by Crippen LogP contribution is 2.24. The first-order valence-electron chi connectivity index (χ1n) is 10.9. The molecule has 0 spiro atoms. The van der Waals surface area contributed by atoms with Gasteiger partial charge in [-0.1, -0.05) is 30.3 Å². The van der Waals surface area contributed by atoms with E-state index in [0.717, 1.165) is 26.1 Å². The zero-order valence-corrected chi connectivity index (χ0v) is 18.5. The van der Waals surface area contributed by atoms with Gasteiger partial charge in [0.25, 0.3) is 0 Å². The Kier molecular flexibility index (Phi) is 7.56. The van der Waals surface area contributed by atoms with E-state index < -0.39 is 0 Å². The van der Waals surface area contributed by atoms with Gasteiger partial charge in [0.15, 0.2) is 0 Å². The smallest absolute Gasteiger partial charge is 0.314 e. The Balaban J connectivity index is 1.22. The first-order chi connectivity index (χ1) is 15.2. The zero-order valence-electron chi connectivity index (χ0n) is 17.7. The largest absolute Gasteiger partial charge is 0.379 e. The van der Waals surface area contributed by atoms with E-state index in [9.17, 15) is 9.59 Å². The fourth-order valence-corrected chi connectivity index (χ4v) is 5.07. The Labute approximate surface area is 187 Å². The number of carbonyl (C=O) groups excluding carboxylic acids is 2. The highest BCUT2D eigenvalue weighted by atomic mass is 32.1. The lowest BCUT2D eigenvalue weighted by Gasteiger charge is -2.34. The van der Waals surface area contributed by atoms with Crippen LogP contribution in [0.25, 0.3) is 0 Å². The summed E-state index contributed by atoms with van der Waals surface area (Å²) in [7, 11) is 0. The fraction of sp³-hybridized carbons (Fsp3) is 0.478. The molecule has 2 N–H and O–H groups in total. The summed E-state index contributed by atoms with van der Waals surface area (Å²) in [5.74, 6) is 0.0904. The van der Waals surface area contributed by atoms with Crippen LogP contribution in [-0.2, 0) is 22.5 Å². The first-order valence-corrected chi connectivity index (χ1v) is 11.8. The number of carbonyl (C=O) groups is 2. The number of benzene rings is 1. The number of urea groups is 1. The SMILES string of the molecule is O=C(NCCC(=O)N1CCc2sccc2C1)NCC(c1ccccc1)N1CCOCC1. The van der Waals surface area contributed by atoms with Gasteiger partial charge in [-0.05, 0) is 29.0 Å². The zero-order chi connectivity index (χ0) is 21.5. The van der Waals surface area contributed by atoms with Crippen molar-refractivity contribution in [3.8, 4) is 0 Å². The van der Waals surface area contributed by atoms with Gasteiger partial charge in [0.1, 0.15) is 0 Å². The number of thiophene rings is 1. The van der Waals surface area contributed by atoms with Crippen LogP contribution in [0.15, 0.2) is 41.8 Å². The molecule has 0 radical (unpaired) electrons. The van der Waals surface area contributed by atoms with Crippen molar-refractivity contribution < 1.29 is 14.3 Å². The highest BCUT2D eigenvalue weighted by molar-refractivity contribution is 7.10. The van der Waals surface area contributed by atoms with Crippen molar-refractivity contribution in [3.63, 3.8) is 0 Å². The summed E-state index contributed by atoms with van der Waals surface area (Å²) in [5, 5.41) is 7.91. The third-order valence-corrected chi connectivity index (χ3v) is 6.93. The molecule has 3 amide bonds. The molecule has 1 fully saturated rings. The molecule has 1 aromatic heterocycles. The van der Waals surface area contributed by atoms with Gasteiger partial charge in [0.05, 0.1) is 19.3 Å². The van der Waals surface area contributed by atoms with Gasteiger partial charge in [-0.3, -0.25) is 9.69 Å². The molecule has 1 aromatic carbocycles. The first kappa shape index (κ1) is 21.8. The molecular formula is C23H30N4O3S. The maximum Gasteiger partial charge on any atom is 0.314 e. The molecule has 8 heteroatoms. The van der Waals surface area contributed by atoms with E-state index in [1.165, 1.54) is 16.0 Å². The summed E-state index contributed by atoms with van der Waals surface area (Å²) >= 11 is 1.76. The van der Waals surface area contributed by atoms with Crippen molar-refractivity contribution in [3.05, 3.63) is 57.8 Å². The molecule has 1 atom stereocenters. The van der Waals surface area contributed by atoms with Gasteiger partial charge in [-0.15, -0.1) is 11.3 Å². The summed E-state index contributed by atoms with van der Waals surface area (Å²) in [5.41, 5.74) is 2.43. The lowest BCUT2D eigenvalue weighted by atomic mass is 10.0. The second kappa shape index (κ2) is 10.7. The summed E-state index contributed by atoms with van der Waals surface area (Å²) in [6, 6.07) is 12.2. The van der Waals surface area contributed by atoms with Gasteiger partial charge in [0.2, 0.25) is 5.91 Å². The Morgan fingerprint density at radius 3 is 2.68 bits per heavy atom. The molecule has 1 saturated heterocycles. The molecule has 166 valence electrons. The Bertz CT molecular complexity index is 867. The number of hydrogen-bond donors (Lipinski definition) is 2. The maximum absolute atomic E-state index is 12.5. The van der Waals surface area contributed by atoms with E-state index in [4.69, 9.17) is 4.74 Å². The molecule has 3 heterocycles. The number of hydrogen-bond acceptors (Lipinski definition) is 5. The number of rotatable bonds is 7. The minimum Gasteiger partial charge on any atom is -0.379 e. The molecule has 2 aromatic rings. The summed E-state index contributed by atoms with van der Waals surface area (Å²) in [6.45, 7) is 5.40. The van der Waals surface area contributed by atoms with Crippen LogP contribution in [0.1, 0.15) is 28.5 Å². The number of nitrogens with one attached hydrogen (secondary N) is 2. The molecule has 4 rings (SSSR count). The van der Waals surface area contributed by atoms with Crippen molar-refractivity contribution in [1.82, 2.24) is 20.4 Å². The van der Waals surface area contributed by atoms with Crippen molar-refractivity contribution >= 4 is 23.3 Å². The summed E-state index contributed by atoms with van der Waals surface area (Å²) < 4.78 is 5.47. The number of nitrogens with zero attached hydrogens (tertiary/aromatic N) is 2. The van der Waals surface area contributed by atoms with Gasteiger partial charge in [-0.25, -0.2) is 4.79 Å². The second-order valence-electron chi connectivity index (χ2n) is 7.90. The van der Waals surface area contributed by atoms with Crippen LogP contribution in [0.4, 0.5) is 4.79 Å². The molecule has 1 unspecified atom stereocenters. The number of fused-ring (bicyclic) bond motifs is 1. The summed E-state index contributed by atoms with van der Waals surface area (Å²) in [6.07, 6.45) is 1.24. The minimum atomic E-state index is -0.235. The standard InChI is InChI=1S/C23H30N4O3S/c28-22(27-10-7-21-19(17-27)8-15-31-21)6-9-24-23(29)25-16-20(18-4-2-1-3-5-18)26-11-13-30-14-12-26/h1-5,8,15,20H,6-7,9-14,16-17H2,(H2,24,25,29). The molecule has 0 saturated carbocycles. The normalized spacial score (nSPS) is 17.6. The van der Waals surface area contributed by atoms with Crippen LogP contribution in [0.2, 0.25) is 0 Å². The molecule has 0 bridgehead atoms. The van der Waals surface area contributed by atoms with Crippen LogP contribution in [0, 0.1) is 0 Å². The minimum absolute atomic E-state index is 0.0904. The Hall–Kier alpha value is -2.42. The topological polar surface area (TPSA) is 73.9 Å². The lowest BCUT2D eigenvalue weighted by Crippen LogP contribution is -2.46. The van der Waals surface area contributed by atoms with Gasteiger partial charge >= 0.3 is 6.03 Å². The van der Waals surface area contributed by atoms with E-state index in [1.807, 2.05) is 23.1 Å². The summed E-state index contributed by atoms with van der Waals surface area (Å²) in [4.78, 5) is 30.5. The maximum atomic E-state index is 12.5. The average Bonchev–Trinajstić information content (AvgIpc) is 3.28. The van der Waals surface area contributed by atoms with Crippen LogP contribution >= 0.6 is 11.3 Å². The quantitative estimate of drug-likeness (QED) is 0.691. The van der Waals surface area contributed by atoms with E-state index in [1.54, 1.807) is 11.3 Å². The monoisotopic (exact) mass is 442 g/mol. The van der Waals surface area contributed by atoms with E-state index in [0.29, 0.717) is 39.3 Å². The van der Waals surface area contributed by atoms with E-state index >= 15 is 0 Å². The van der Waals surface area contributed by atoms with Crippen LogP contribution < -0.4 is 10.6 Å². The van der Waals surface area contributed by atoms with Crippen molar-refractivity contribution in [2.24, 2.45) is 0 Å². The van der Waals surface area contributed by atoms with Gasteiger partial charge in [0, 0.05) is 50.6 Å². The second-order valence-corrected chi connectivity index (χ2v) is 8.90. The lowest BCUT2D eigenvalue weighted by molar-refractivity contribution is -0.131. The van der Waals surface area contributed by atoms with Crippen molar-refractivity contribution in [2.75, 3.05) is 45.9 Å². The number of ether oxygens (including phenoxy) is 1. The Morgan fingerprint density at radius 1 is 1.06 bits per heavy atom. The fourth-order valence-electron chi connectivity index (χ4n) is 4.18. The predicted octanol–water partition coefficient (Wildman–Crippen LogP) is 2.40. The van der Waals surface area contributed by atoms with Gasteiger partial charge < -0.3 is 20.3 Å². The highest BCUT2D eigenvalue weighted by Gasteiger charge is 2.24. The molecule has 7 nitrogen and oxygen atoms in total. The van der Waals surface area contributed by atoms with Crippen molar-refractivity contribution in [1.29, 1.82) is 0 Å². The van der Waals surface area contributed by atoms with Crippen LogP contribution in [0.5, 0.6) is 0 Å². The third-order valence-electron chi connectivity index (χ3n) is 5.91. The molecule has 2 aliphatic rings. The Morgan fingerprint density at radius 2 is 1.87 bits per heavy atom. The predicted molar refractivity (Wildman–Crippen MR) is 121 cm³/mol. The van der Waals surface area contributed by atoms with Crippen LogP contribution in [0.3, 0.4) is 0 Å². The molecule has 0 aliphatic carbocycles. The molecule has 31 heavy (non-hydrogen) atoms. The van der Waals surface area contributed by atoms with E-state index in [-0.39, 0.29) is 18.0 Å². The van der Waals surface area contributed by atoms with Crippen molar-refractivity contribution in [2.45, 2.75) is 25.4 Å². The van der Waals surface area contributed by atoms with Gasteiger partial charge in [-0.2, -0.15) is 0 Å².